The maximum Gasteiger partial charge on any atom is 0.384 e. The lowest BCUT2D eigenvalue weighted by atomic mass is 9.88. The highest BCUT2D eigenvalue weighted by Gasteiger charge is 2.93. The molecule has 34 heavy (non-hydrogen) atoms. The Kier molecular flexibility index (Phi) is 9.30. The largest absolute Gasteiger partial charge is 0.465 e. The number of halogens is 16. The fourth-order valence-corrected chi connectivity index (χ4v) is 2.10. The van der Waals surface area contributed by atoms with Gasteiger partial charge >= 0.3 is 53.9 Å². The van der Waals surface area contributed by atoms with Crippen LogP contribution in [0.2, 0.25) is 0 Å². The Bertz CT molecular complexity index is 703. The van der Waals surface area contributed by atoms with Gasteiger partial charge in [-0.2, -0.15) is 61.5 Å². The molecule has 0 radical (unpaired) electrons. The van der Waals surface area contributed by atoms with Gasteiger partial charge in [-0.15, -0.1) is 0 Å². The van der Waals surface area contributed by atoms with E-state index in [9.17, 15) is 75.0 Å². The number of hydrogen-bond donors (Lipinski definition) is 0. The van der Waals surface area contributed by atoms with Crippen LogP contribution in [0.25, 0.3) is 0 Å². The van der Waals surface area contributed by atoms with Gasteiger partial charge in [0.05, 0.1) is 12.5 Å². The standard InChI is InChI=1S/C16H16F16O2/c1-3-7(2)8(33)34-6-4-5-10(19,20)12(23,24)14(27,28)16(31,32)15(29,30)13(25,26)11(21,22)9(17)18/h7,9H,3-6H2,1-2H3. The molecule has 0 aromatic rings. The molecule has 0 saturated heterocycles. The second-order valence-electron chi connectivity index (χ2n) is 7.08. The highest BCUT2D eigenvalue weighted by Crippen LogP contribution is 2.63. The van der Waals surface area contributed by atoms with E-state index in [0.29, 0.717) is 0 Å². The van der Waals surface area contributed by atoms with Gasteiger partial charge in [-0.3, -0.25) is 4.79 Å². The molecule has 0 amide bonds. The summed E-state index contributed by atoms with van der Waals surface area (Å²) in [6.07, 6.45) is -9.74. The van der Waals surface area contributed by atoms with E-state index in [1.54, 1.807) is 0 Å². The first-order valence-corrected chi connectivity index (χ1v) is 8.90. The number of carbonyl (C=O) groups is 1. The molecule has 18 heteroatoms. The van der Waals surface area contributed by atoms with Crippen molar-refractivity contribution in [2.24, 2.45) is 5.92 Å². The Morgan fingerprint density at radius 1 is 0.706 bits per heavy atom. The zero-order valence-electron chi connectivity index (χ0n) is 16.8. The minimum absolute atomic E-state index is 0.151. The van der Waals surface area contributed by atoms with Gasteiger partial charge in [-0.25, -0.2) is 8.78 Å². The topological polar surface area (TPSA) is 26.3 Å². The van der Waals surface area contributed by atoms with Crippen molar-refractivity contribution in [3.63, 3.8) is 0 Å². The average Bonchev–Trinajstić information content (AvgIpc) is 2.69. The molecule has 0 saturated carbocycles. The maximum absolute atomic E-state index is 13.6. The third kappa shape index (κ3) is 4.99. The lowest BCUT2D eigenvalue weighted by Crippen LogP contribution is -2.73. The molecule has 0 heterocycles. The number of hydrogen-bond acceptors (Lipinski definition) is 2. The van der Waals surface area contributed by atoms with Gasteiger partial charge in [0.25, 0.3) is 0 Å². The third-order valence-corrected chi connectivity index (χ3v) is 4.62. The molecule has 0 aliphatic carbocycles. The SMILES string of the molecule is CCC(C)C(=O)OCCCC(F)(F)C(F)(F)C(F)(F)C(F)(F)C(F)(F)C(F)(F)C(F)(F)C(F)F. The smallest absolute Gasteiger partial charge is 0.384 e. The summed E-state index contributed by atoms with van der Waals surface area (Å²) in [5.74, 6) is -56.4. The van der Waals surface area contributed by atoms with Crippen molar-refractivity contribution in [1.82, 2.24) is 0 Å². The second-order valence-corrected chi connectivity index (χ2v) is 7.08. The maximum atomic E-state index is 13.6. The highest BCUT2D eigenvalue weighted by molar-refractivity contribution is 5.71. The van der Waals surface area contributed by atoms with E-state index in [-0.39, 0.29) is 6.42 Å². The number of rotatable bonds is 13. The lowest BCUT2D eigenvalue weighted by molar-refractivity contribution is -0.447. The van der Waals surface area contributed by atoms with Crippen LogP contribution in [0.5, 0.6) is 0 Å². The summed E-state index contributed by atoms with van der Waals surface area (Å²) in [5, 5.41) is 0. The first-order valence-electron chi connectivity index (χ1n) is 8.90. The van der Waals surface area contributed by atoms with Crippen molar-refractivity contribution in [2.75, 3.05) is 6.61 Å². The zero-order chi connectivity index (χ0) is 27.8. The molecule has 0 spiro atoms. The normalized spacial score (nSPS) is 16.1. The number of ether oxygens (including phenoxy) is 1. The predicted octanol–water partition coefficient (Wildman–Crippen LogP) is 7.07. The zero-order valence-corrected chi connectivity index (χ0v) is 16.8. The van der Waals surface area contributed by atoms with Gasteiger partial charge in [0.1, 0.15) is 0 Å². The molecule has 0 aliphatic rings. The molecule has 1 unspecified atom stereocenters. The fraction of sp³-hybridized carbons (Fsp3) is 0.938. The van der Waals surface area contributed by atoms with Crippen LogP contribution in [0.1, 0.15) is 33.1 Å². The highest BCUT2D eigenvalue weighted by atomic mass is 19.4. The van der Waals surface area contributed by atoms with E-state index in [4.69, 9.17) is 0 Å². The number of esters is 1. The van der Waals surface area contributed by atoms with Crippen LogP contribution in [0, 0.1) is 5.92 Å². The minimum Gasteiger partial charge on any atom is -0.465 e. The van der Waals surface area contributed by atoms with Crippen molar-refractivity contribution >= 4 is 5.97 Å². The molecule has 0 N–H and O–H groups in total. The van der Waals surface area contributed by atoms with Gasteiger partial charge in [0.2, 0.25) is 0 Å². The van der Waals surface area contributed by atoms with Crippen LogP contribution in [-0.4, -0.2) is 60.5 Å². The van der Waals surface area contributed by atoms with E-state index >= 15 is 0 Å². The Morgan fingerprint density at radius 2 is 1.09 bits per heavy atom. The van der Waals surface area contributed by atoms with Crippen molar-refractivity contribution < 1.29 is 79.8 Å². The van der Waals surface area contributed by atoms with Crippen molar-refractivity contribution in [3.05, 3.63) is 0 Å². The van der Waals surface area contributed by atoms with E-state index in [1.165, 1.54) is 13.8 Å². The van der Waals surface area contributed by atoms with E-state index in [0.717, 1.165) is 0 Å². The van der Waals surface area contributed by atoms with Crippen LogP contribution in [-0.2, 0) is 9.53 Å². The van der Waals surface area contributed by atoms with Crippen LogP contribution in [0.3, 0.4) is 0 Å². The number of alkyl halides is 16. The van der Waals surface area contributed by atoms with Gasteiger partial charge < -0.3 is 4.74 Å². The summed E-state index contributed by atoms with van der Waals surface area (Å²) >= 11 is 0. The monoisotopic (exact) mass is 544 g/mol. The Morgan fingerprint density at radius 3 is 1.47 bits per heavy atom. The molecule has 204 valence electrons. The molecule has 0 aromatic carbocycles. The first-order chi connectivity index (χ1) is 14.8. The molecule has 2 nitrogen and oxygen atoms in total. The lowest BCUT2D eigenvalue weighted by Gasteiger charge is -2.42. The van der Waals surface area contributed by atoms with Crippen molar-refractivity contribution in [3.8, 4) is 0 Å². The summed E-state index contributed by atoms with van der Waals surface area (Å²) in [6.45, 7) is 1.55. The molecular formula is C16H16F16O2. The quantitative estimate of drug-likeness (QED) is 0.141. The van der Waals surface area contributed by atoms with E-state index in [1.807, 2.05) is 0 Å². The van der Waals surface area contributed by atoms with Gasteiger partial charge in [0.15, 0.2) is 0 Å². The molecule has 0 rings (SSSR count). The Labute approximate surface area is 180 Å². The first kappa shape index (κ1) is 32.4. The molecular weight excluding hydrogens is 528 g/mol. The predicted molar refractivity (Wildman–Crippen MR) is 80.3 cm³/mol. The van der Waals surface area contributed by atoms with Gasteiger partial charge in [-0.05, 0) is 12.8 Å². The minimum atomic E-state index is -8.40. The van der Waals surface area contributed by atoms with E-state index < -0.39 is 79.2 Å². The van der Waals surface area contributed by atoms with Crippen LogP contribution < -0.4 is 0 Å². The molecule has 0 bridgehead atoms. The molecule has 0 aliphatic heterocycles. The Balaban J connectivity index is 6.00. The van der Waals surface area contributed by atoms with Crippen molar-refractivity contribution in [2.45, 2.75) is 81.0 Å². The second kappa shape index (κ2) is 9.78. The van der Waals surface area contributed by atoms with Crippen LogP contribution >= 0.6 is 0 Å². The van der Waals surface area contributed by atoms with Crippen LogP contribution in [0.15, 0.2) is 0 Å². The molecule has 0 fully saturated rings. The summed E-state index contributed by atoms with van der Waals surface area (Å²) in [5.41, 5.74) is 0. The summed E-state index contributed by atoms with van der Waals surface area (Å²) < 4.78 is 215. The van der Waals surface area contributed by atoms with Crippen LogP contribution in [0.4, 0.5) is 70.2 Å². The molecule has 0 aromatic heterocycles. The summed E-state index contributed by atoms with van der Waals surface area (Å²) in [6, 6.07) is 0. The summed E-state index contributed by atoms with van der Waals surface area (Å²) in [4.78, 5) is 11.3. The van der Waals surface area contributed by atoms with E-state index in [2.05, 4.69) is 4.74 Å². The van der Waals surface area contributed by atoms with Crippen molar-refractivity contribution in [1.29, 1.82) is 0 Å². The Hall–Kier alpha value is -1.65. The molecule has 1 atom stereocenters. The average molecular weight is 544 g/mol. The van der Waals surface area contributed by atoms with Gasteiger partial charge in [-0.1, -0.05) is 13.8 Å². The fourth-order valence-electron chi connectivity index (χ4n) is 2.10. The van der Waals surface area contributed by atoms with Gasteiger partial charge in [0, 0.05) is 6.42 Å². The summed E-state index contributed by atoms with van der Waals surface area (Å²) in [7, 11) is 0. The third-order valence-electron chi connectivity index (χ3n) is 4.62. The number of carbonyl (C=O) groups excluding carboxylic acids is 1.